The van der Waals surface area contributed by atoms with E-state index in [9.17, 15) is 9.59 Å². The van der Waals surface area contributed by atoms with Gasteiger partial charge in [0.25, 0.3) is 0 Å². The van der Waals surface area contributed by atoms with Gasteiger partial charge < -0.3 is 18.7 Å². The van der Waals surface area contributed by atoms with Crippen molar-refractivity contribution >= 4 is 52.2 Å². The van der Waals surface area contributed by atoms with Crippen LogP contribution in [0, 0.1) is 0 Å². The first-order valence-corrected chi connectivity index (χ1v) is 12.7. The van der Waals surface area contributed by atoms with E-state index in [1.807, 2.05) is 6.07 Å². The molecule has 3 rings (SSSR count). The third-order valence-corrected chi connectivity index (χ3v) is 5.68. The monoisotopic (exact) mass is 550 g/mol. The Balaban J connectivity index is 2.02. The molecule has 0 saturated heterocycles. The highest BCUT2D eigenvalue weighted by molar-refractivity contribution is 6.42. The largest absolute Gasteiger partial charge is 0.489 e. The van der Waals surface area contributed by atoms with E-state index in [2.05, 4.69) is 12.1 Å². The van der Waals surface area contributed by atoms with Crippen molar-refractivity contribution in [3.63, 3.8) is 0 Å². The number of benzene rings is 2. The average molecular weight is 551 g/mol. The fourth-order valence-electron chi connectivity index (χ4n) is 3.45. The lowest BCUT2D eigenvalue weighted by molar-refractivity contribution is 0.0428. The minimum atomic E-state index is -0.916. The molecule has 200 valence electrons. The van der Waals surface area contributed by atoms with Gasteiger partial charge in [0.15, 0.2) is 11.4 Å². The number of carbonyl (C=O) groups excluding carboxylic acids is 2. The molecule has 0 aliphatic carbocycles. The molecule has 0 radical (unpaired) electrons. The van der Waals surface area contributed by atoms with Crippen LogP contribution in [-0.4, -0.2) is 28.5 Å². The zero-order valence-corrected chi connectivity index (χ0v) is 23.6. The summed E-state index contributed by atoms with van der Waals surface area (Å²) in [6, 6.07) is 8.68. The van der Waals surface area contributed by atoms with Crippen LogP contribution in [0.2, 0.25) is 10.0 Å². The Morgan fingerprint density at radius 1 is 0.919 bits per heavy atom. The third kappa shape index (κ3) is 7.52. The number of hydrogen-bond acceptors (Lipinski definition) is 7. The van der Waals surface area contributed by atoms with Gasteiger partial charge in [-0.2, -0.15) is 4.90 Å². The molecule has 1 heterocycles. The van der Waals surface area contributed by atoms with Crippen molar-refractivity contribution < 1.29 is 28.3 Å². The van der Waals surface area contributed by atoms with Crippen molar-refractivity contribution in [2.75, 3.05) is 4.90 Å². The Labute approximate surface area is 226 Å². The quantitative estimate of drug-likeness (QED) is 0.304. The summed E-state index contributed by atoms with van der Waals surface area (Å²) in [5.41, 5.74) is 0.496. The van der Waals surface area contributed by atoms with Gasteiger partial charge >= 0.3 is 12.2 Å². The van der Waals surface area contributed by atoms with Gasteiger partial charge in [0.2, 0.25) is 0 Å². The molecule has 0 N–H and O–H groups in total. The Kier molecular flexibility index (Phi) is 8.65. The van der Waals surface area contributed by atoms with Gasteiger partial charge in [-0.3, -0.25) is 0 Å². The zero-order valence-electron chi connectivity index (χ0n) is 22.1. The number of imide groups is 1. The first-order chi connectivity index (χ1) is 17.2. The number of anilines is 1. The van der Waals surface area contributed by atoms with Crippen LogP contribution in [0.4, 0.5) is 15.4 Å². The molecule has 0 atom stereocenters. The first kappa shape index (κ1) is 28.6. The maximum Gasteiger partial charge on any atom is 0.425 e. The van der Waals surface area contributed by atoms with Crippen LogP contribution < -0.4 is 9.64 Å². The number of halogens is 2. The van der Waals surface area contributed by atoms with Crippen molar-refractivity contribution in [2.45, 2.75) is 79.1 Å². The summed E-state index contributed by atoms with van der Waals surface area (Å²) in [4.78, 5) is 27.0. The predicted octanol–water partition coefficient (Wildman–Crippen LogP) is 8.34. The van der Waals surface area contributed by atoms with E-state index in [0.717, 1.165) is 28.9 Å². The summed E-state index contributed by atoms with van der Waals surface area (Å²) >= 11 is 12.1. The Morgan fingerprint density at radius 2 is 1.54 bits per heavy atom. The smallest absolute Gasteiger partial charge is 0.425 e. The van der Waals surface area contributed by atoms with Crippen LogP contribution in [0.1, 0.15) is 66.0 Å². The van der Waals surface area contributed by atoms with E-state index in [1.54, 1.807) is 65.8 Å². The normalized spacial score (nSPS) is 11.9. The van der Waals surface area contributed by atoms with Gasteiger partial charge in [-0.1, -0.05) is 41.7 Å². The number of amides is 2. The summed E-state index contributed by atoms with van der Waals surface area (Å²) in [7, 11) is 0. The lowest BCUT2D eigenvalue weighted by atomic mass is 10.0. The van der Waals surface area contributed by atoms with Gasteiger partial charge in [-0.15, -0.1) is 0 Å². The Bertz CT molecular complexity index is 1260. The molecular weight excluding hydrogens is 519 g/mol. The molecule has 3 aromatic rings. The molecular formula is C27H32Cl2N2O6. The van der Waals surface area contributed by atoms with Gasteiger partial charge in [0, 0.05) is 6.07 Å². The van der Waals surface area contributed by atoms with Gasteiger partial charge in [-0.25, -0.2) is 9.59 Å². The highest BCUT2D eigenvalue weighted by atomic mass is 35.5. The second kappa shape index (κ2) is 11.2. The third-order valence-electron chi connectivity index (χ3n) is 4.94. The molecule has 2 aromatic carbocycles. The van der Waals surface area contributed by atoms with Gasteiger partial charge in [-0.05, 0) is 83.4 Å². The standard InChI is InChI=1S/C27H32Cl2N2O6/c1-8-9-16-12-19-22(13-17(16)15-34-18-10-11-20(28)21(29)14-18)37-30-23(19)31(24(32)35-26(2,3)4)25(33)36-27(5,6)7/h10-14H,8-9,15H2,1-7H3. The van der Waals surface area contributed by atoms with E-state index in [4.69, 9.17) is 41.9 Å². The second-order valence-electron chi connectivity index (χ2n) is 10.5. The van der Waals surface area contributed by atoms with Crippen molar-refractivity contribution in [2.24, 2.45) is 0 Å². The molecule has 1 aromatic heterocycles. The number of fused-ring (bicyclic) bond motifs is 1. The highest BCUT2D eigenvalue weighted by Gasteiger charge is 2.36. The summed E-state index contributed by atoms with van der Waals surface area (Å²) in [5.74, 6) is 0.559. The molecule has 0 bridgehead atoms. The molecule has 0 spiro atoms. The molecule has 0 saturated carbocycles. The molecule has 0 fully saturated rings. The zero-order chi connectivity index (χ0) is 27.5. The SMILES string of the molecule is CCCc1cc2c(N(C(=O)OC(C)(C)C)C(=O)OC(C)(C)C)noc2cc1COc1ccc(Cl)c(Cl)c1. The van der Waals surface area contributed by atoms with Crippen LogP contribution in [0.15, 0.2) is 34.9 Å². The number of aromatic nitrogens is 1. The van der Waals surface area contributed by atoms with Crippen molar-refractivity contribution in [3.05, 3.63) is 51.5 Å². The average Bonchev–Trinajstić information content (AvgIpc) is 3.14. The fourth-order valence-corrected chi connectivity index (χ4v) is 3.73. The molecule has 0 unspecified atom stereocenters. The minimum absolute atomic E-state index is 0.00666. The lowest BCUT2D eigenvalue weighted by Crippen LogP contribution is -2.44. The number of ether oxygens (including phenoxy) is 3. The van der Waals surface area contributed by atoms with E-state index < -0.39 is 23.4 Å². The molecule has 10 heteroatoms. The summed E-state index contributed by atoms with van der Waals surface area (Å²) < 4.78 is 22.4. The molecule has 8 nitrogen and oxygen atoms in total. The van der Waals surface area contributed by atoms with Crippen LogP contribution in [0.5, 0.6) is 5.75 Å². The number of hydrogen-bond donors (Lipinski definition) is 0. The summed E-state index contributed by atoms with van der Waals surface area (Å²) in [6.07, 6.45) is -0.255. The maximum absolute atomic E-state index is 13.1. The van der Waals surface area contributed by atoms with Crippen LogP contribution in [0.25, 0.3) is 11.0 Å². The van der Waals surface area contributed by atoms with E-state index >= 15 is 0 Å². The summed E-state index contributed by atoms with van der Waals surface area (Å²) in [6.45, 7) is 12.5. The maximum atomic E-state index is 13.1. The molecule has 0 aliphatic rings. The predicted molar refractivity (Wildman–Crippen MR) is 144 cm³/mol. The van der Waals surface area contributed by atoms with E-state index in [1.165, 1.54) is 0 Å². The topological polar surface area (TPSA) is 91.1 Å². The number of nitrogens with zero attached hydrogens (tertiary/aromatic N) is 2. The van der Waals surface area contributed by atoms with Crippen LogP contribution in [-0.2, 0) is 22.5 Å². The summed E-state index contributed by atoms with van der Waals surface area (Å²) in [5, 5.41) is 5.36. The van der Waals surface area contributed by atoms with Gasteiger partial charge in [0.1, 0.15) is 23.6 Å². The Hall–Kier alpha value is -2.97. The second-order valence-corrected chi connectivity index (χ2v) is 11.3. The highest BCUT2D eigenvalue weighted by Crippen LogP contribution is 2.33. The Morgan fingerprint density at radius 3 is 2.08 bits per heavy atom. The fraction of sp³-hybridized carbons (Fsp3) is 0.444. The first-order valence-electron chi connectivity index (χ1n) is 11.9. The molecule has 2 amide bonds. The van der Waals surface area contributed by atoms with E-state index in [0.29, 0.717) is 26.8 Å². The van der Waals surface area contributed by atoms with Crippen molar-refractivity contribution in [3.8, 4) is 5.75 Å². The molecule has 0 aliphatic heterocycles. The van der Waals surface area contributed by atoms with Crippen molar-refractivity contribution in [1.29, 1.82) is 0 Å². The number of aryl methyl sites for hydroxylation is 1. The number of carbonyl (C=O) groups is 2. The van der Waals surface area contributed by atoms with E-state index in [-0.39, 0.29) is 12.4 Å². The van der Waals surface area contributed by atoms with Crippen LogP contribution >= 0.6 is 23.2 Å². The lowest BCUT2D eigenvalue weighted by Gasteiger charge is -2.27. The molecule has 37 heavy (non-hydrogen) atoms. The van der Waals surface area contributed by atoms with Gasteiger partial charge in [0.05, 0.1) is 15.4 Å². The van der Waals surface area contributed by atoms with Crippen molar-refractivity contribution in [1.82, 2.24) is 5.16 Å². The minimum Gasteiger partial charge on any atom is -0.489 e. The number of rotatable bonds is 6. The van der Waals surface area contributed by atoms with Crippen LogP contribution in [0.3, 0.4) is 0 Å².